The molecule has 1 aromatic rings. The highest BCUT2D eigenvalue weighted by molar-refractivity contribution is 5.55. The van der Waals surface area contributed by atoms with E-state index in [0.717, 1.165) is 12.4 Å². The lowest BCUT2D eigenvalue weighted by Crippen LogP contribution is -2.09. The Morgan fingerprint density at radius 3 is 2.00 bits per heavy atom. The molecule has 0 fully saturated rings. The van der Waals surface area contributed by atoms with Crippen molar-refractivity contribution in [2.24, 2.45) is 0 Å². The van der Waals surface area contributed by atoms with Gasteiger partial charge in [0.1, 0.15) is 5.75 Å². The first-order valence-electron chi connectivity index (χ1n) is 4.97. The van der Waals surface area contributed by atoms with Gasteiger partial charge in [0.05, 0.1) is 6.61 Å². The maximum absolute atomic E-state index is 5.58. The lowest BCUT2D eigenvalue weighted by Gasteiger charge is -2.17. The molecule has 1 rings (SSSR count). The Morgan fingerprint density at radius 2 is 1.64 bits per heavy atom. The zero-order chi connectivity index (χ0) is 10.7. The van der Waals surface area contributed by atoms with Gasteiger partial charge in [-0.3, -0.25) is 0 Å². The molecule has 2 heteroatoms. The van der Waals surface area contributed by atoms with Crippen LogP contribution in [-0.4, -0.2) is 20.7 Å². The number of benzene rings is 1. The molecule has 0 radical (unpaired) electrons. The van der Waals surface area contributed by atoms with Gasteiger partial charge >= 0.3 is 0 Å². The Balaban J connectivity index is 3.11. The van der Waals surface area contributed by atoms with E-state index >= 15 is 0 Å². The van der Waals surface area contributed by atoms with Gasteiger partial charge in [0.2, 0.25) is 0 Å². The summed E-state index contributed by atoms with van der Waals surface area (Å²) in [5.41, 5.74) is 3.63. The van der Waals surface area contributed by atoms with Crippen LogP contribution in [0.15, 0.2) is 12.1 Å². The topological polar surface area (TPSA) is 12.5 Å². The molecule has 0 N–H and O–H groups in total. The Hall–Kier alpha value is -1.18. The Kier molecular flexibility index (Phi) is 3.39. The van der Waals surface area contributed by atoms with E-state index in [1.807, 2.05) is 6.92 Å². The van der Waals surface area contributed by atoms with Crippen LogP contribution in [0, 0.1) is 13.8 Å². The molecule has 0 saturated heterocycles. The summed E-state index contributed by atoms with van der Waals surface area (Å²) in [7, 11) is 4.10. The van der Waals surface area contributed by atoms with Crippen LogP contribution < -0.4 is 9.64 Å². The molecule has 14 heavy (non-hydrogen) atoms. The first kappa shape index (κ1) is 10.9. The maximum Gasteiger partial charge on any atom is 0.125 e. The summed E-state index contributed by atoms with van der Waals surface area (Å²) in [5, 5.41) is 0. The van der Waals surface area contributed by atoms with Crippen LogP contribution in [0.3, 0.4) is 0 Å². The van der Waals surface area contributed by atoms with Crippen LogP contribution in [0.25, 0.3) is 0 Å². The molecule has 0 saturated carbocycles. The van der Waals surface area contributed by atoms with Crippen molar-refractivity contribution in [2.75, 3.05) is 25.6 Å². The van der Waals surface area contributed by atoms with Crippen LogP contribution in [-0.2, 0) is 0 Å². The largest absolute Gasteiger partial charge is 0.493 e. The quantitative estimate of drug-likeness (QED) is 0.732. The highest BCUT2D eigenvalue weighted by Crippen LogP contribution is 2.28. The van der Waals surface area contributed by atoms with E-state index in [0.29, 0.717) is 0 Å². The van der Waals surface area contributed by atoms with Gasteiger partial charge in [0, 0.05) is 19.8 Å². The molecule has 2 nitrogen and oxygen atoms in total. The van der Waals surface area contributed by atoms with Gasteiger partial charge in [0.15, 0.2) is 0 Å². The number of ether oxygens (including phenoxy) is 1. The summed E-state index contributed by atoms with van der Waals surface area (Å²) >= 11 is 0. The maximum atomic E-state index is 5.58. The summed E-state index contributed by atoms with van der Waals surface area (Å²) in [6, 6.07) is 4.30. The summed E-state index contributed by atoms with van der Waals surface area (Å²) < 4.78 is 5.58. The molecule has 0 atom stereocenters. The van der Waals surface area contributed by atoms with Crippen molar-refractivity contribution in [1.82, 2.24) is 0 Å². The van der Waals surface area contributed by atoms with Gasteiger partial charge in [-0.15, -0.1) is 0 Å². The van der Waals surface area contributed by atoms with E-state index in [1.54, 1.807) is 0 Å². The first-order chi connectivity index (χ1) is 6.56. The monoisotopic (exact) mass is 193 g/mol. The minimum absolute atomic E-state index is 0.725. The molecule has 78 valence electrons. The molecular weight excluding hydrogens is 174 g/mol. The number of rotatable bonds is 3. The second-order valence-corrected chi connectivity index (χ2v) is 3.74. The lowest BCUT2D eigenvalue weighted by molar-refractivity contribution is 0.335. The van der Waals surface area contributed by atoms with E-state index in [1.165, 1.54) is 16.8 Å². The minimum atomic E-state index is 0.725. The lowest BCUT2D eigenvalue weighted by atomic mass is 10.1. The standard InChI is InChI=1S/C12H19NO/c1-6-14-12-9(2)7-11(13(4)5)8-10(12)3/h7-8H,6H2,1-5H3. The molecule has 0 amide bonds. The molecule has 0 aliphatic carbocycles. The van der Waals surface area contributed by atoms with Crippen molar-refractivity contribution in [2.45, 2.75) is 20.8 Å². The zero-order valence-corrected chi connectivity index (χ0v) is 9.72. The van der Waals surface area contributed by atoms with Crippen LogP contribution >= 0.6 is 0 Å². The van der Waals surface area contributed by atoms with Crippen molar-refractivity contribution in [1.29, 1.82) is 0 Å². The molecule has 0 heterocycles. The van der Waals surface area contributed by atoms with Gasteiger partial charge in [0.25, 0.3) is 0 Å². The number of anilines is 1. The second kappa shape index (κ2) is 4.36. The van der Waals surface area contributed by atoms with Gasteiger partial charge in [-0.1, -0.05) is 0 Å². The Labute approximate surface area is 86.5 Å². The molecule has 0 aromatic heterocycles. The Bertz CT molecular complexity index is 295. The van der Waals surface area contributed by atoms with Crippen molar-refractivity contribution in [3.63, 3.8) is 0 Å². The summed E-state index contributed by atoms with van der Waals surface area (Å²) in [6.07, 6.45) is 0. The van der Waals surface area contributed by atoms with Crippen molar-refractivity contribution in [3.8, 4) is 5.75 Å². The van der Waals surface area contributed by atoms with E-state index in [2.05, 4.69) is 45.0 Å². The predicted octanol–water partition coefficient (Wildman–Crippen LogP) is 2.77. The average Bonchev–Trinajstić information content (AvgIpc) is 2.10. The van der Waals surface area contributed by atoms with Crippen LogP contribution in [0.2, 0.25) is 0 Å². The van der Waals surface area contributed by atoms with Crippen molar-refractivity contribution < 1.29 is 4.74 Å². The molecule has 0 unspecified atom stereocenters. The average molecular weight is 193 g/mol. The van der Waals surface area contributed by atoms with Crippen LogP contribution in [0.5, 0.6) is 5.75 Å². The number of aryl methyl sites for hydroxylation is 2. The van der Waals surface area contributed by atoms with Gasteiger partial charge < -0.3 is 9.64 Å². The van der Waals surface area contributed by atoms with E-state index < -0.39 is 0 Å². The number of hydrogen-bond acceptors (Lipinski definition) is 2. The normalized spacial score (nSPS) is 10.1. The number of hydrogen-bond donors (Lipinski definition) is 0. The zero-order valence-electron chi connectivity index (χ0n) is 9.72. The summed E-state index contributed by atoms with van der Waals surface area (Å²) in [4.78, 5) is 2.11. The molecule has 0 aliphatic rings. The fourth-order valence-corrected chi connectivity index (χ4v) is 1.56. The van der Waals surface area contributed by atoms with Gasteiger partial charge in [-0.2, -0.15) is 0 Å². The SMILES string of the molecule is CCOc1c(C)cc(N(C)C)cc1C. The highest BCUT2D eigenvalue weighted by Gasteiger charge is 2.06. The molecule has 0 bridgehead atoms. The fourth-order valence-electron chi connectivity index (χ4n) is 1.56. The van der Waals surface area contributed by atoms with Crippen LogP contribution in [0.1, 0.15) is 18.1 Å². The molecular formula is C12H19NO. The predicted molar refractivity (Wildman–Crippen MR) is 61.4 cm³/mol. The van der Waals surface area contributed by atoms with E-state index in [-0.39, 0.29) is 0 Å². The minimum Gasteiger partial charge on any atom is -0.493 e. The van der Waals surface area contributed by atoms with Crippen LogP contribution in [0.4, 0.5) is 5.69 Å². The second-order valence-electron chi connectivity index (χ2n) is 3.74. The third-order valence-electron chi connectivity index (χ3n) is 2.25. The highest BCUT2D eigenvalue weighted by atomic mass is 16.5. The summed E-state index contributed by atoms with van der Waals surface area (Å²) in [5.74, 6) is 1.03. The van der Waals surface area contributed by atoms with Gasteiger partial charge in [-0.25, -0.2) is 0 Å². The summed E-state index contributed by atoms with van der Waals surface area (Å²) in [6.45, 7) is 6.91. The first-order valence-corrected chi connectivity index (χ1v) is 4.97. The van der Waals surface area contributed by atoms with Crippen molar-refractivity contribution in [3.05, 3.63) is 23.3 Å². The van der Waals surface area contributed by atoms with E-state index in [4.69, 9.17) is 4.74 Å². The third kappa shape index (κ3) is 2.19. The van der Waals surface area contributed by atoms with E-state index in [9.17, 15) is 0 Å². The molecule has 0 aliphatic heterocycles. The van der Waals surface area contributed by atoms with Gasteiger partial charge in [-0.05, 0) is 44.0 Å². The molecule has 0 spiro atoms. The fraction of sp³-hybridized carbons (Fsp3) is 0.500. The van der Waals surface area contributed by atoms with Crippen molar-refractivity contribution >= 4 is 5.69 Å². The molecule has 1 aromatic carbocycles. The third-order valence-corrected chi connectivity index (χ3v) is 2.25. The smallest absolute Gasteiger partial charge is 0.125 e. The number of nitrogens with zero attached hydrogens (tertiary/aromatic N) is 1. The Morgan fingerprint density at radius 1 is 1.14 bits per heavy atom.